The Bertz CT molecular complexity index is 561. The van der Waals surface area contributed by atoms with Crippen molar-refractivity contribution in [3.8, 4) is 0 Å². The molecule has 0 amide bonds. The summed E-state index contributed by atoms with van der Waals surface area (Å²) in [6.07, 6.45) is 2.05. The maximum Gasteiger partial charge on any atom is 0.0208 e. The summed E-state index contributed by atoms with van der Waals surface area (Å²) in [6.45, 7) is 2.08. The first-order valence-electron chi connectivity index (χ1n) is 5.50. The SMILES string of the molecule is CC(=C=Cc1ccccc1I)c1ccccc1. The van der Waals surface area contributed by atoms with Crippen molar-refractivity contribution in [2.24, 2.45) is 0 Å². The molecule has 2 rings (SSSR count). The lowest BCUT2D eigenvalue weighted by Crippen LogP contribution is -1.78. The zero-order valence-electron chi connectivity index (χ0n) is 9.65. The first kappa shape index (κ1) is 12.2. The maximum absolute atomic E-state index is 3.34. The quantitative estimate of drug-likeness (QED) is 0.536. The van der Waals surface area contributed by atoms with E-state index < -0.39 is 0 Å². The second-order valence-corrected chi connectivity index (χ2v) is 4.96. The highest BCUT2D eigenvalue weighted by molar-refractivity contribution is 14.1. The van der Waals surface area contributed by atoms with E-state index in [1.165, 1.54) is 14.7 Å². The molecule has 0 heterocycles. The summed E-state index contributed by atoms with van der Waals surface area (Å²) in [5.41, 5.74) is 6.93. The van der Waals surface area contributed by atoms with Gasteiger partial charge >= 0.3 is 0 Å². The van der Waals surface area contributed by atoms with Crippen LogP contribution in [0.3, 0.4) is 0 Å². The van der Waals surface area contributed by atoms with Gasteiger partial charge in [0.05, 0.1) is 0 Å². The molecule has 0 saturated heterocycles. The van der Waals surface area contributed by atoms with Crippen molar-refractivity contribution in [1.82, 2.24) is 0 Å². The zero-order chi connectivity index (χ0) is 12.1. The Morgan fingerprint density at radius 1 is 1.00 bits per heavy atom. The Labute approximate surface area is 116 Å². The van der Waals surface area contributed by atoms with E-state index in [2.05, 4.69) is 59.5 Å². The Morgan fingerprint density at radius 2 is 1.65 bits per heavy atom. The van der Waals surface area contributed by atoms with Gasteiger partial charge in [0.2, 0.25) is 0 Å². The van der Waals surface area contributed by atoms with Crippen LogP contribution in [0.15, 0.2) is 60.3 Å². The van der Waals surface area contributed by atoms with Crippen LogP contribution in [-0.4, -0.2) is 0 Å². The van der Waals surface area contributed by atoms with Gasteiger partial charge in [-0.1, -0.05) is 48.5 Å². The average Bonchev–Trinajstić information content (AvgIpc) is 2.38. The van der Waals surface area contributed by atoms with Gasteiger partial charge in [-0.2, -0.15) is 0 Å². The van der Waals surface area contributed by atoms with Crippen molar-refractivity contribution < 1.29 is 0 Å². The number of rotatable bonds is 2. The number of halogens is 1. The highest BCUT2D eigenvalue weighted by Crippen LogP contribution is 2.15. The molecule has 2 aromatic carbocycles. The fraction of sp³-hybridized carbons (Fsp3) is 0.0625. The molecule has 0 unspecified atom stereocenters. The predicted octanol–water partition coefficient (Wildman–Crippen LogP) is 5.01. The van der Waals surface area contributed by atoms with Gasteiger partial charge in [0.25, 0.3) is 0 Å². The molecule has 0 radical (unpaired) electrons. The molecule has 0 N–H and O–H groups in total. The van der Waals surface area contributed by atoms with Gasteiger partial charge in [-0.3, -0.25) is 0 Å². The first-order chi connectivity index (χ1) is 8.27. The summed E-state index contributed by atoms with van der Waals surface area (Å²) < 4.78 is 1.25. The van der Waals surface area contributed by atoms with Gasteiger partial charge in [0, 0.05) is 3.57 Å². The number of allylic oxidation sites excluding steroid dienone is 1. The summed E-state index contributed by atoms with van der Waals surface area (Å²) in [5, 5.41) is 0. The molecule has 0 spiro atoms. The van der Waals surface area contributed by atoms with E-state index in [0.29, 0.717) is 0 Å². The molecular weight excluding hydrogens is 319 g/mol. The molecule has 0 aliphatic carbocycles. The second kappa shape index (κ2) is 5.85. The molecule has 0 nitrogen and oxygen atoms in total. The van der Waals surface area contributed by atoms with Crippen LogP contribution in [0.25, 0.3) is 11.6 Å². The molecule has 0 saturated carbocycles. The van der Waals surface area contributed by atoms with Crippen molar-refractivity contribution in [2.45, 2.75) is 6.92 Å². The Kier molecular flexibility index (Phi) is 4.18. The predicted molar refractivity (Wildman–Crippen MR) is 82.7 cm³/mol. The van der Waals surface area contributed by atoms with Crippen LogP contribution in [0.2, 0.25) is 0 Å². The molecule has 2 aromatic rings. The van der Waals surface area contributed by atoms with Crippen LogP contribution >= 0.6 is 22.6 Å². The van der Waals surface area contributed by atoms with E-state index in [-0.39, 0.29) is 0 Å². The van der Waals surface area contributed by atoms with Crippen LogP contribution in [0.4, 0.5) is 0 Å². The lowest BCUT2D eigenvalue weighted by Gasteiger charge is -1.97. The minimum Gasteiger partial charge on any atom is -0.116 e. The molecule has 1 heteroatoms. The van der Waals surface area contributed by atoms with Crippen molar-refractivity contribution in [2.75, 3.05) is 0 Å². The van der Waals surface area contributed by atoms with Crippen LogP contribution in [0.5, 0.6) is 0 Å². The topological polar surface area (TPSA) is 0 Å². The third kappa shape index (κ3) is 3.32. The summed E-state index contributed by atoms with van der Waals surface area (Å²) in [5.74, 6) is 0. The molecule has 0 aromatic heterocycles. The van der Waals surface area contributed by atoms with E-state index in [1.54, 1.807) is 0 Å². The van der Waals surface area contributed by atoms with Gasteiger partial charge in [-0.25, -0.2) is 0 Å². The van der Waals surface area contributed by atoms with Crippen LogP contribution in [0, 0.1) is 3.57 Å². The zero-order valence-corrected chi connectivity index (χ0v) is 11.8. The summed E-state index contributed by atoms with van der Waals surface area (Å²) >= 11 is 2.34. The third-order valence-electron chi connectivity index (χ3n) is 2.56. The van der Waals surface area contributed by atoms with E-state index in [0.717, 1.165) is 5.57 Å². The van der Waals surface area contributed by atoms with Gasteiger partial charge in [-0.05, 0) is 58.4 Å². The third-order valence-corrected chi connectivity index (χ3v) is 3.54. The smallest absolute Gasteiger partial charge is 0.0208 e. The van der Waals surface area contributed by atoms with Crippen LogP contribution in [-0.2, 0) is 0 Å². The maximum atomic E-state index is 3.34. The monoisotopic (exact) mass is 332 g/mol. The second-order valence-electron chi connectivity index (χ2n) is 3.80. The first-order valence-corrected chi connectivity index (χ1v) is 6.58. The molecule has 0 aliphatic heterocycles. The molecular formula is C16H13I. The number of benzene rings is 2. The van der Waals surface area contributed by atoms with Crippen molar-refractivity contribution in [3.05, 3.63) is 75.0 Å². The van der Waals surface area contributed by atoms with Crippen LogP contribution < -0.4 is 0 Å². The van der Waals surface area contributed by atoms with E-state index in [1.807, 2.05) is 36.4 Å². The Morgan fingerprint density at radius 3 is 2.35 bits per heavy atom. The van der Waals surface area contributed by atoms with Gasteiger partial charge in [0.15, 0.2) is 0 Å². The van der Waals surface area contributed by atoms with Crippen molar-refractivity contribution in [3.63, 3.8) is 0 Å². The summed E-state index contributed by atoms with van der Waals surface area (Å²) in [7, 11) is 0. The van der Waals surface area contributed by atoms with Crippen molar-refractivity contribution >= 4 is 34.2 Å². The molecule has 84 valence electrons. The highest BCUT2D eigenvalue weighted by Gasteiger charge is 1.93. The fourth-order valence-electron chi connectivity index (χ4n) is 1.55. The standard InChI is InChI=1S/C16H13I/c1-13(14-7-3-2-4-8-14)11-12-15-9-5-6-10-16(15)17/h2-10,12H,1H3. The molecule has 0 atom stereocenters. The highest BCUT2D eigenvalue weighted by atomic mass is 127. The van der Waals surface area contributed by atoms with Crippen LogP contribution in [0.1, 0.15) is 18.1 Å². The Balaban J connectivity index is 2.34. The molecule has 0 bridgehead atoms. The summed E-state index contributed by atoms with van der Waals surface area (Å²) in [4.78, 5) is 0. The minimum atomic E-state index is 1.16. The van der Waals surface area contributed by atoms with E-state index in [4.69, 9.17) is 0 Å². The van der Waals surface area contributed by atoms with Gasteiger partial charge < -0.3 is 0 Å². The molecule has 0 fully saturated rings. The number of hydrogen-bond acceptors (Lipinski definition) is 0. The largest absolute Gasteiger partial charge is 0.116 e. The fourth-order valence-corrected chi connectivity index (χ4v) is 2.09. The molecule has 17 heavy (non-hydrogen) atoms. The lowest BCUT2D eigenvalue weighted by atomic mass is 10.1. The molecule has 0 aliphatic rings. The minimum absolute atomic E-state index is 1.16. The summed E-state index contributed by atoms with van der Waals surface area (Å²) in [6, 6.07) is 18.6. The van der Waals surface area contributed by atoms with Crippen molar-refractivity contribution in [1.29, 1.82) is 0 Å². The average molecular weight is 332 g/mol. The van der Waals surface area contributed by atoms with E-state index in [9.17, 15) is 0 Å². The lowest BCUT2D eigenvalue weighted by molar-refractivity contribution is 1.57. The van der Waals surface area contributed by atoms with Gasteiger partial charge in [-0.15, -0.1) is 5.73 Å². The van der Waals surface area contributed by atoms with Gasteiger partial charge in [0.1, 0.15) is 0 Å². The van der Waals surface area contributed by atoms with E-state index >= 15 is 0 Å². The normalized spacial score (nSPS) is 9.53. The Hall–Kier alpha value is -1.31. The number of hydrogen-bond donors (Lipinski definition) is 0.